The Balaban J connectivity index is 2.26. The Morgan fingerprint density at radius 3 is 2.35 bits per heavy atom. The van der Waals surface area contributed by atoms with E-state index in [0.29, 0.717) is 18.0 Å². The second kappa shape index (κ2) is 8.23. The predicted octanol–water partition coefficient (Wildman–Crippen LogP) is 2.43. The van der Waals surface area contributed by atoms with Crippen LogP contribution in [0.1, 0.15) is 11.1 Å². The molecule has 7 heteroatoms. The van der Waals surface area contributed by atoms with E-state index >= 15 is 0 Å². The lowest BCUT2D eigenvalue weighted by atomic mass is 10.2. The highest BCUT2D eigenvalue weighted by Crippen LogP contribution is 2.31. The van der Waals surface area contributed by atoms with E-state index in [-0.39, 0.29) is 12.5 Å². The number of carbonyl (C=O) groups is 1. The number of rotatable bonds is 7. The maximum Gasteiger partial charge on any atom is 0.243 e. The Morgan fingerprint density at radius 2 is 1.77 bits per heavy atom. The SMILES string of the molecule is COc1ccc(C)cc1N(CC(=O)N(C)Cc1ccccc1)S(C)(=O)=O. The maximum absolute atomic E-state index is 12.6. The lowest BCUT2D eigenvalue weighted by Crippen LogP contribution is -2.41. The third-order valence-electron chi connectivity index (χ3n) is 3.97. The van der Waals surface area contributed by atoms with Crippen LogP contribution < -0.4 is 9.04 Å². The van der Waals surface area contributed by atoms with Gasteiger partial charge >= 0.3 is 0 Å². The number of aryl methyl sites for hydroxylation is 1. The van der Waals surface area contributed by atoms with Gasteiger partial charge in [0, 0.05) is 13.6 Å². The van der Waals surface area contributed by atoms with Crippen molar-refractivity contribution in [2.24, 2.45) is 0 Å². The zero-order valence-electron chi connectivity index (χ0n) is 15.5. The van der Waals surface area contributed by atoms with Crippen LogP contribution >= 0.6 is 0 Å². The standard InChI is InChI=1S/C19H24N2O4S/c1-15-10-11-18(25-3)17(12-15)21(26(4,23)24)14-19(22)20(2)13-16-8-6-5-7-9-16/h5-12H,13-14H2,1-4H3. The molecule has 0 spiro atoms. The summed E-state index contributed by atoms with van der Waals surface area (Å²) in [4.78, 5) is 14.2. The molecular weight excluding hydrogens is 352 g/mol. The second-order valence-electron chi connectivity index (χ2n) is 6.18. The van der Waals surface area contributed by atoms with Gasteiger partial charge in [-0.3, -0.25) is 9.10 Å². The summed E-state index contributed by atoms with van der Waals surface area (Å²) in [5.41, 5.74) is 2.21. The Bertz CT molecular complexity index is 866. The molecule has 2 aromatic rings. The van der Waals surface area contributed by atoms with Crippen molar-refractivity contribution in [3.05, 3.63) is 59.7 Å². The molecule has 1 amide bonds. The molecule has 0 atom stereocenters. The van der Waals surface area contributed by atoms with Crippen molar-refractivity contribution >= 4 is 21.6 Å². The predicted molar refractivity (Wildman–Crippen MR) is 103 cm³/mol. The van der Waals surface area contributed by atoms with Crippen LogP contribution in [0.2, 0.25) is 0 Å². The van der Waals surface area contributed by atoms with E-state index in [1.54, 1.807) is 19.2 Å². The van der Waals surface area contributed by atoms with Crippen molar-refractivity contribution in [3.8, 4) is 5.75 Å². The summed E-state index contributed by atoms with van der Waals surface area (Å²) in [7, 11) is -0.537. The van der Waals surface area contributed by atoms with Gasteiger partial charge in [0.15, 0.2) is 0 Å². The van der Waals surface area contributed by atoms with E-state index < -0.39 is 10.0 Å². The van der Waals surface area contributed by atoms with E-state index in [4.69, 9.17) is 4.74 Å². The van der Waals surface area contributed by atoms with E-state index in [1.165, 1.54) is 12.0 Å². The molecule has 6 nitrogen and oxygen atoms in total. The Kier molecular flexibility index (Phi) is 6.26. The van der Waals surface area contributed by atoms with Gasteiger partial charge in [0.2, 0.25) is 15.9 Å². The van der Waals surface area contributed by atoms with Gasteiger partial charge in [0.25, 0.3) is 0 Å². The molecule has 0 saturated heterocycles. The number of anilines is 1. The number of amides is 1. The first-order chi connectivity index (χ1) is 12.2. The minimum Gasteiger partial charge on any atom is -0.495 e. The molecular formula is C19H24N2O4S. The van der Waals surface area contributed by atoms with E-state index in [1.807, 2.05) is 43.3 Å². The number of sulfonamides is 1. The summed E-state index contributed by atoms with van der Waals surface area (Å²) < 4.78 is 31.0. The van der Waals surface area contributed by atoms with Crippen molar-refractivity contribution in [1.82, 2.24) is 4.90 Å². The van der Waals surface area contributed by atoms with Crippen molar-refractivity contribution in [2.75, 3.05) is 31.3 Å². The van der Waals surface area contributed by atoms with Crippen LogP contribution in [-0.2, 0) is 21.4 Å². The normalized spacial score (nSPS) is 11.1. The van der Waals surface area contributed by atoms with Crippen LogP contribution in [-0.4, -0.2) is 46.2 Å². The highest BCUT2D eigenvalue weighted by molar-refractivity contribution is 7.92. The largest absolute Gasteiger partial charge is 0.495 e. The van der Waals surface area contributed by atoms with Gasteiger partial charge < -0.3 is 9.64 Å². The quantitative estimate of drug-likeness (QED) is 0.744. The van der Waals surface area contributed by atoms with Crippen molar-refractivity contribution in [1.29, 1.82) is 0 Å². The molecule has 0 aliphatic heterocycles. The molecule has 0 fully saturated rings. The Hall–Kier alpha value is -2.54. The first-order valence-electron chi connectivity index (χ1n) is 8.12. The average molecular weight is 376 g/mol. The molecule has 0 radical (unpaired) electrons. The number of ether oxygens (including phenoxy) is 1. The van der Waals surface area contributed by atoms with Gasteiger partial charge in [-0.15, -0.1) is 0 Å². The smallest absolute Gasteiger partial charge is 0.243 e. The Morgan fingerprint density at radius 1 is 1.12 bits per heavy atom. The fourth-order valence-electron chi connectivity index (χ4n) is 2.57. The zero-order chi connectivity index (χ0) is 19.3. The third-order valence-corrected chi connectivity index (χ3v) is 5.10. The van der Waals surface area contributed by atoms with Crippen LogP contribution in [0.4, 0.5) is 5.69 Å². The monoisotopic (exact) mass is 376 g/mol. The number of methoxy groups -OCH3 is 1. The maximum atomic E-state index is 12.6. The van der Waals surface area contributed by atoms with Gasteiger partial charge in [0.1, 0.15) is 12.3 Å². The Labute approximate surface area is 155 Å². The van der Waals surface area contributed by atoms with Crippen molar-refractivity contribution < 1.29 is 17.9 Å². The molecule has 2 aromatic carbocycles. The van der Waals surface area contributed by atoms with Crippen LogP contribution in [0.5, 0.6) is 5.75 Å². The topological polar surface area (TPSA) is 66.9 Å². The molecule has 140 valence electrons. The zero-order valence-corrected chi connectivity index (χ0v) is 16.3. The highest BCUT2D eigenvalue weighted by Gasteiger charge is 2.25. The summed E-state index contributed by atoms with van der Waals surface area (Å²) in [5, 5.41) is 0. The number of carbonyl (C=O) groups excluding carboxylic acids is 1. The first kappa shape index (κ1) is 19.8. The van der Waals surface area contributed by atoms with Crippen LogP contribution in [0.3, 0.4) is 0 Å². The van der Waals surface area contributed by atoms with Gasteiger partial charge in [0.05, 0.1) is 19.1 Å². The fourth-order valence-corrected chi connectivity index (χ4v) is 3.41. The molecule has 0 bridgehead atoms. The molecule has 0 N–H and O–H groups in total. The van der Waals surface area contributed by atoms with Gasteiger partial charge in [-0.05, 0) is 30.2 Å². The van der Waals surface area contributed by atoms with E-state index in [0.717, 1.165) is 21.7 Å². The van der Waals surface area contributed by atoms with Gasteiger partial charge in [-0.2, -0.15) is 0 Å². The molecule has 0 aliphatic carbocycles. The van der Waals surface area contributed by atoms with Crippen molar-refractivity contribution in [2.45, 2.75) is 13.5 Å². The third kappa shape index (κ3) is 4.98. The van der Waals surface area contributed by atoms with Crippen LogP contribution in [0.15, 0.2) is 48.5 Å². The lowest BCUT2D eigenvalue weighted by molar-refractivity contribution is -0.128. The van der Waals surface area contributed by atoms with Crippen molar-refractivity contribution in [3.63, 3.8) is 0 Å². The van der Waals surface area contributed by atoms with Crippen LogP contribution in [0.25, 0.3) is 0 Å². The fraction of sp³-hybridized carbons (Fsp3) is 0.316. The highest BCUT2D eigenvalue weighted by atomic mass is 32.2. The summed E-state index contributed by atoms with van der Waals surface area (Å²) in [5.74, 6) is 0.0994. The molecule has 0 aromatic heterocycles. The van der Waals surface area contributed by atoms with Gasteiger partial charge in [-0.25, -0.2) is 8.42 Å². The minimum atomic E-state index is -3.66. The summed E-state index contributed by atoms with van der Waals surface area (Å²) in [6.07, 6.45) is 1.08. The minimum absolute atomic E-state index is 0.290. The number of nitrogens with zero attached hydrogens (tertiary/aromatic N) is 2. The molecule has 0 aliphatic rings. The molecule has 2 rings (SSSR count). The number of hydrogen-bond donors (Lipinski definition) is 0. The van der Waals surface area contributed by atoms with E-state index in [9.17, 15) is 13.2 Å². The molecule has 26 heavy (non-hydrogen) atoms. The average Bonchev–Trinajstić information content (AvgIpc) is 2.59. The summed E-state index contributed by atoms with van der Waals surface area (Å²) in [6, 6.07) is 14.8. The molecule has 0 saturated carbocycles. The van der Waals surface area contributed by atoms with E-state index in [2.05, 4.69) is 0 Å². The summed E-state index contributed by atoms with van der Waals surface area (Å²) in [6.45, 7) is 1.97. The summed E-state index contributed by atoms with van der Waals surface area (Å²) >= 11 is 0. The lowest BCUT2D eigenvalue weighted by Gasteiger charge is -2.26. The molecule has 0 heterocycles. The number of hydrogen-bond acceptors (Lipinski definition) is 4. The second-order valence-corrected chi connectivity index (χ2v) is 8.09. The number of benzene rings is 2. The molecule has 0 unspecified atom stereocenters. The van der Waals surface area contributed by atoms with Gasteiger partial charge in [-0.1, -0.05) is 36.4 Å². The number of likely N-dealkylation sites (N-methyl/N-ethyl adjacent to an activating group) is 1. The van der Waals surface area contributed by atoms with Crippen LogP contribution in [0, 0.1) is 6.92 Å². The first-order valence-corrected chi connectivity index (χ1v) is 9.97.